The van der Waals surface area contributed by atoms with Gasteiger partial charge in [-0.3, -0.25) is 9.69 Å². The van der Waals surface area contributed by atoms with Crippen molar-refractivity contribution in [2.45, 2.75) is 45.1 Å². The molecule has 0 aliphatic carbocycles. The number of likely N-dealkylation sites (tertiary alicyclic amines) is 1. The van der Waals surface area contributed by atoms with Gasteiger partial charge in [0, 0.05) is 38.9 Å². The molecule has 4 heterocycles. The Balaban J connectivity index is 1.19. The SMILES string of the molecule is O=C1N(CCc2ccccc2)CC=CCC12CCN(Cc1ccnc(N3CCCC3)n1)CC2. The van der Waals surface area contributed by atoms with Gasteiger partial charge in [-0.05, 0) is 63.2 Å². The molecule has 1 amide bonds. The Labute approximate surface area is 197 Å². The Hall–Kier alpha value is -2.73. The van der Waals surface area contributed by atoms with Crippen LogP contribution in [0.5, 0.6) is 0 Å². The Morgan fingerprint density at radius 1 is 0.939 bits per heavy atom. The van der Waals surface area contributed by atoms with E-state index in [0.29, 0.717) is 5.91 Å². The predicted octanol–water partition coefficient (Wildman–Crippen LogP) is 3.69. The average molecular weight is 446 g/mol. The molecule has 33 heavy (non-hydrogen) atoms. The minimum Gasteiger partial charge on any atom is -0.341 e. The molecule has 2 aromatic rings. The van der Waals surface area contributed by atoms with E-state index in [0.717, 1.165) is 83.1 Å². The molecule has 3 aliphatic rings. The maximum Gasteiger partial charge on any atom is 0.229 e. The molecular weight excluding hydrogens is 410 g/mol. The molecule has 0 atom stereocenters. The first-order chi connectivity index (χ1) is 16.2. The van der Waals surface area contributed by atoms with Crippen molar-refractivity contribution in [3.8, 4) is 0 Å². The fourth-order valence-corrected chi connectivity index (χ4v) is 5.45. The molecule has 0 N–H and O–H groups in total. The number of allylic oxidation sites excluding steroid dienone is 1. The van der Waals surface area contributed by atoms with Gasteiger partial charge in [-0.25, -0.2) is 9.97 Å². The molecule has 0 bridgehead atoms. The van der Waals surface area contributed by atoms with E-state index >= 15 is 0 Å². The van der Waals surface area contributed by atoms with Crippen molar-refractivity contribution in [1.29, 1.82) is 0 Å². The van der Waals surface area contributed by atoms with E-state index in [9.17, 15) is 4.79 Å². The summed E-state index contributed by atoms with van der Waals surface area (Å²) in [5, 5.41) is 0. The van der Waals surface area contributed by atoms with Crippen LogP contribution in [0.4, 0.5) is 5.95 Å². The first kappa shape index (κ1) is 22.1. The van der Waals surface area contributed by atoms with Crippen molar-refractivity contribution in [2.75, 3.05) is 44.2 Å². The van der Waals surface area contributed by atoms with Crippen LogP contribution in [-0.4, -0.2) is 64.9 Å². The molecule has 6 heteroatoms. The monoisotopic (exact) mass is 445 g/mol. The van der Waals surface area contributed by atoms with E-state index in [1.807, 2.05) is 18.3 Å². The molecule has 2 saturated heterocycles. The number of piperidine rings is 1. The van der Waals surface area contributed by atoms with Crippen LogP contribution in [0.3, 0.4) is 0 Å². The van der Waals surface area contributed by atoms with Gasteiger partial charge in [0.1, 0.15) is 0 Å². The van der Waals surface area contributed by atoms with Crippen LogP contribution in [0.15, 0.2) is 54.7 Å². The minimum absolute atomic E-state index is 0.243. The lowest BCUT2D eigenvalue weighted by Crippen LogP contribution is -2.49. The van der Waals surface area contributed by atoms with Crippen molar-refractivity contribution in [3.05, 3.63) is 66.0 Å². The molecule has 0 unspecified atom stereocenters. The third kappa shape index (κ3) is 5.11. The molecule has 0 saturated carbocycles. The Morgan fingerprint density at radius 2 is 1.73 bits per heavy atom. The van der Waals surface area contributed by atoms with Gasteiger partial charge in [0.05, 0.1) is 11.1 Å². The van der Waals surface area contributed by atoms with E-state index in [1.54, 1.807) is 0 Å². The lowest BCUT2D eigenvalue weighted by atomic mass is 9.74. The Bertz CT molecular complexity index is 961. The second-order valence-corrected chi connectivity index (χ2v) is 9.76. The molecule has 3 aliphatic heterocycles. The number of aromatic nitrogens is 2. The van der Waals surface area contributed by atoms with Gasteiger partial charge in [0.15, 0.2) is 0 Å². The van der Waals surface area contributed by atoms with E-state index in [4.69, 9.17) is 4.98 Å². The summed E-state index contributed by atoms with van der Waals surface area (Å²) in [5.74, 6) is 1.22. The fourth-order valence-electron chi connectivity index (χ4n) is 5.45. The Kier molecular flexibility index (Phi) is 6.72. The highest BCUT2D eigenvalue weighted by atomic mass is 16.2. The smallest absolute Gasteiger partial charge is 0.229 e. The number of nitrogens with zero attached hydrogens (tertiary/aromatic N) is 5. The van der Waals surface area contributed by atoms with Gasteiger partial charge in [0.25, 0.3) is 0 Å². The summed E-state index contributed by atoms with van der Waals surface area (Å²) >= 11 is 0. The number of benzene rings is 1. The number of amides is 1. The minimum atomic E-state index is -0.243. The lowest BCUT2D eigenvalue weighted by Gasteiger charge is -2.42. The van der Waals surface area contributed by atoms with Gasteiger partial charge in [-0.1, -0.05) is 42.5 Å². The van der Waals surface area contributed by atoms with Crippen LogP contribution in [0.25, 0.3) is 0 Å². The molecule has 174 valence electrons. The summed E-state index contributed by atoms with van der Waals surface area (Å²) in [4.78, 5) is 29.8. The van der Waals surface area contributed by atoms with E-state index in [2.05, 4.69) is 56.1 Å². The summed E-state index contributed by atoms with van der Waals surface area (Å²) in [6.07, 6.45) is 12.4. The average Bonchev–Trinajstić information content (AvgIpc) is 3.36. The highest BCUT2D eigenvalue weighted by molar-refractivity contribution is 5.83. The summed E-state index contributed by atoms with van der Waals surface area (Å²) in [6, 6.07) is 12.5. The normalized spacial score (nSPS) is 21.0. The molecule has 0 radical (unpaired) electrons. The molecular formula is C27H35N5O. The zero-order valence-corrected chi connectivity index (χ0v) is 19.5. The maximum atomic E-state index is 13.6. The summed E-state index contributed by atoms with van der Waals surface area (Å²) in [6.45, 7) is 6.36. The van der Waals surface area contributed by atoms with Gasteiger partial charge < -0.3 is 9.80 Å². The molecule has 2 fully saturated rings. The van der Waals surface area contributed by atoms with Crippen LogP contribution >= 0.6 is 0 Å². The quantitative estimate of drug-likeness (QED) is 0.635. The van der Waals surface area contributed by atoms with Crippen molar-refractivity contribution in [1.82, 2.24) is 19.8 Å². The highest BCUT2D eigenvalue weighted by Gasteiger charge is 2.43. The zero-order chi connectivity index (χ0) is 22.5. The van der Waals surface area contributed by atoms with Crippen molar-refractivity contribution in [3.63, 3.8) is 0 Å². The van der Waals surface area contributed by atoms with E-state index in [1.165, 1.54) is 18.4 Å². The second-order valence-electron chi connectivity index (χ2n) is 9.76. The molecule has 1 aromatic carbocycles. The molecule has 1 spiro atoms. The number of carbonyl (C=O) groups is 1. The van der Waals surface area contributed by atoms with Crippen molar-refractivity contribution in [2.24, 2.45) is 5.41 Å². The third-order valence-corrected chi connectivity index (χ3v) is 7.54. The first-order valence-electron chi connectivity index (χ1n) is 12.5. The second kappa shape index (κ2) is 10.0. The number of hydrogen-bond donors (Lipinski definition) is 0. The maximum absolute atomic E-state index is 13.6. The molecule has 5 rings (SSSR count). The van der Waals surface area contributed by atoms with Crippen LogP contribution in [0.2, 0.25) is 0 Å². The number of hydrogen-bond acceptors (Lipinski definition) is 5. The summed E-state index contributed by atoms with van der Waals surface area (Å²) < 4.78 is 0. The largest absolute Gasteiger partial charge is 0.341 e. The fraction of sp³-hybridized carbons (Fsp3) is 0.519. The van der Waals surface area contributed by atoms with Crippen LogP contribution in [0.1, 0.15) is 43.4 Å². The Morgan fingerprint density at radius 3 is 2.52 bits per heavy atom. The topological polar surface area (TPSA) is 52.6 Å². The molecule has 6 nitrogen and oxygen atoms in total. The first-order valence-corrected chi connectivity index (χ1v) is 12.5. The summed E-state index contributed by atoms with van der Waals surface area (Å²) in [7, 11) is 0. The van der Waals surface area contributed by atoms with Crippen LogP contribution in [-0.2, 0) is 17.8 Å². The molecule has 1 aromatic heterocycles. The summed E-state index contributed by atoms with van der Waals surface area (Å²) in [5.41, 5.74) is 2.13. The van der Waals surface area contributed by atoms with Gasteiger partial charge in [-0.15, -0.1) is 0 Å². The third-order valence-electron chi connectivity index (χ3n) is 7.54. The van der Waals surface area contributed by atoms with E-state index in [-0.39, 0.29) is 5.41 Å². The van der Waals surface area contributed by atoms with Gasteiger partial charge in [0.2, 0.25) is 11.9 Å². The van der Waals surface area contributed by atoms with Crippen LogP contribution < -0.4 is 4.90 Å². The number of anilines is 1. The highest BCUT2D eigenvalue weighted by Crippen LogP contribution is 2.39. The lowest BCUT2D eigenvalue weighted by molar-refractivity contribution is -0.144. The van der Waals surface area contributed by atoms with Crippen LogP contribution in [0, 0.1) is 5.41 Å². The number of carbonyl (C=O) groups excluding carboxylic acids is 1. The van der Waals surface area contributed by atoms with E-state index < -0.39 is 0 Å². The van der Waals surface area contributed by atoms with Gasteiger partial charge in [-0.2, -0.15) is 0 Å². The van der Waals surface area contributed by atoms with Crippen molar-refractivity contribution >= 4 is 11.9 Å². The standard InChI is InChI=1S/C27H35N5O/c33-25-27(12-4-5-16-31(25)19-11-23-8-2-1-3-9-23)13-20-30(21-14-27)22-24-10-15-28-26(29-24)32-17-6-7-18-32/h1-5,8-10,15H,6-7,11-14,16-22H2. The number of rotatable bonds is 6. The van der Waals surface area contributed by atoms with Crippen molar-refractivity contribution < 1.29 is 4.79 Å². The predicted molar refractivity (Wildman–Crippen MR) is 131 cm³/mol. The van der Waals surface area contributed by atoms with Gasteiger partial charge >= 0.3 is 0 Å². The zero-order valence-electron chi connectivity index (χ0n) is 19.5.